The zero-order chi connectivity index (χ0) is 21.6. The van der Waals surface area contributed by atoms with Crippen LogP contribution in [0.4, 0.5) is 0 Å². The Morgan fingerprint density at radius 3 is 2.00 bits per heavy atom. The average molecular weight is 455 g/mol. The molecular formula is C25H24Cl2N2O2. The van der Waals surface area contributed by atoms with Gasteiger partial charge >= 0.3 is 0 Å². The minimum atomic E-state index is -0.538. The van der Waals surface area contributed by atoms with Gasteiger partial charge < -0.3 is 10.1 Å². The first kappa shape index (κ1) is 21.8. The molecule has 0 bridgehead atoms. The third-order valence-electron chi connectivity index (χ3n) is 5.47. The van der Waals surface area contributed by atoms with E-state index in [-0.39, 0.29) is 11.9 Å². The molecule has 1 saturated heterocycles. The summed E-state index contributed by atoms with van der Waals surface area (Å²) in [6.45, 7) is 2.46. The predicted molar refractivity (Wildman–Crippen MR) is 124 cm³/mol. The molecule has 3 aromatic carbocycles. The van der Waals surface area contributed by atoms with Crippen LogP contribution in [0.25, 0.3) is 0 Å². The molecule has 4 rings (SSSR count). The summed E-state index contributed by atoms with van der Waals surface area (Å²) in [6, 6.07) is 24.4. The molecule has 0 aromatic heterocycles. The van der Waals surface area contributed by atoms with Gasteiger partial charge in [-0.25, -0.2) is 0 Å². The number of halogens is 2. The third kappa shape index (κ3) is 5.28. The van der Waals surface area contributed by atoms with Crippen LogP contribution in [-0.2, 0) is 9.53 Å². The van der Waals surface area contributed by atoms with Gasteiger partial charge in [0.05, 0.1) is 19.3 Å². The lowest BCUT2D eigenvalue weighted by Crippen LogP contribution is -2.46. The van der Waals surface area contributed by atoms with Gasteiger partial charge in [-0.15, -0.1) is 0 Å². The highest BCUT2D eigenvalue weighted by molar-refractivity contribution is 6.35. The number of ether oxygens (including phenoxy) is 1. The fourth-order valence-corrected chi connectivity index (χ4v) is 4.45. The monoisotopic (exact) mass is 454 g/mol. The Labute approximate surface area is 192 Å². The molecule has 1 aliphatic rings. The van der Waals surface area contributed by atoms with Gasteiger partial charge in [-0.3, -0.25) is 9.69 Å². The van der Waals surface area contributed by atoms with Crippen molar-refractivity contribution in [3.05, 3.63) is 106 Å². The summed E-state index contributed by atoms with van der Waals surface area (Å²) in [5, 5.41) is 4.30. The van der Waals surface area contributed by atoms with Crippen LogP contribution in [0.5, 0.6) is 0 Å². The van der Waals surface area contributed by atoms with Crippen molar-refractivity contribution in [2.24, 2.45) is 0 Å². The van der Waals surface area contributed by atoms with Crippen molar-refractivity contribution in [3.63, 3.8) is 0 Å². The number of nitrogens with zero attached hydrogens (tertiary/aromatic N) is 1. The van der Waals surface area contributed by atoms with E-state index in [9.17, 15) is 4.79 Å². The van der Waals surface area contributed by atoms with E-state index in [1.54, 1.807) is 12.1 Å². The van der Waals surface area contributed by atoms with Gasteiger partial charge in [0.2, 0.25) is 5.91 Å². The van der Waals surface area contributed by atoms with E-state index in [2.05, 4.69) is 10.2 Å². The molecule has 1 aliphatic heterocycles. The smallest absolute Gasteiger partial charge is 0.242 e. The van der Waals surface area contributed by atoms with Gasteiger partial charge in [-0.2, -0.15) is 0 Å². The van der Waals surface area contributed by atoms with Crippen LogP contribution in [0.1, 0.15) is 28.8 Å². The summed E-state index contributed by atoms with van der Waals surface area (Å²) in [5.74, 6) is -0.108. The highest BCUT2D eigenvalue weighted by Crippen LogP contribution is 2.32. The largest absolute Gasteiger partial charge is 0.379 e. The zero-order valence-electron chi connectivity index (χ0n) is 17.0. The molecule has 1 atom stereocenters. The fourth-order valence-electron chi connectivity index (χ4n) is 3.93. The molecular weight excluding hydrogens is 431 g/mol. The summed E-state index contributed by atoms with van der Waals surface area (Å²) in [7, 11) is 0. The van der Waals surface area contributed by atoms with E-state index in [0.29, 0.717) is 36.3 Å². The molecule has 0 aliphatic carbocycles. The number of hydrogen-bond donors (Lipinski definition) is 1. The second-order valence-electron chi connectivity index (χ2n) is 7.48. The average Bonchev–Trinajstić information content (AvgIpc) is 2.81. The van der Waals surface area contributed by atoms with Crippen LogP contribution >= 0.6 is 23.2 Å². The SMILES string of the molecule is O=C(NC(c1ccccc1)c1ccccc1)[C@H](c1ccc(Cl)cc1Cl)N1CCOCC1. The summed E-state index contributed by atoms with van der Waals surface area (Å²) >= 11 is 12.6. The fraction of sp³-hybridized carbons (Fsp3) is 0.240. The molecule has 1 amide bonds. The van der Waals surface area contributed by atoms with Crippen molar-refractivity contribution < 1.29 is 9.53 Å². The van der Waals surface area contributed by atoms with E-state index in [1.807, 2.05) is 66.7 Å². The molecule has 1 N–H and O–H groups in total. The first-order valence-electron chi connectivity index (χ1n) is 10.3. The van der Waals surface area contributed by atoms with Crippen molar-refractivity contribution in [2.75, 3.05) is 26.3 Å². The van der Waals surface area contributed by atoms with Gasteiger partial charge in [-0.05, 0) is 28.8 Å². The maximum Gasteiger partial charge on any atom is 0.242 e. The lowest BCUT2D eigenvalue weighted by molar-refractivity contribution is -0.129. The van der Waals surface area contributed by atoms with E-state index in [4.69, 9.17) is 27.9 Å². The van der Waals surface area contributed by atoms with E-state index >= 15 is 0 Å². The van der Waals surface area contributed by atoms with Crippen LogP contribution in [-0.4, -0.2) is 37.1 Å². The summed E-state index contributed by atoms with van der Waals surface area (Å²) in [5.41, 5.74) is 2.78. The van der Waals surface area contributed by atoms with Crippen molar-refractivity contribution in [2.45, 2.75) is 12.1 Å². The molecule has 160 valence electrons. The third-order valence-corrected chi connectivity index (χ3v) is 6.03. The summed E-state index contributed by atoms with van der Waals surface area (Å²) in [4.78, 5) is 15.9. The van der Waals surface area contributed by atoms with Gasteiger partial charge in [0.1, 0.15) is 6.04 Å². The van der Waals surface area contributed by atoms with Crippen molar-refractivity contribution >= 4 is 29.1 Å². The highest BCUT2D eigenvalue weighted by atomic mass is 35.5. The number of rotatable bonds is 6. The van der Waals surface area contributed by atoms with Gasteiger partial charge in [0.15, 0.2) is 0 Å². The molecule has 0 unspecified atom stereocenters. The second kappa shape index (κ2) is 10.3. The highest BCUT2D eigenvalue weighted by Gasteiger charge is 2.32. The molecule has 1 heterocycles. The molecule has 6 heteroatoms. The molecule has 0 saturated carbocycles. The Morgan fingerprint density at radius 1 is 0.871 bits per heavy atom. The van der Waals surface area contributed by atoms with Crippen LogP contribution in [0.3, 0.4) is 0 Å². The van der Waals surface area contributed by atoms with Crippen molar-refractivity contribution in [3.8, 4) is 0 Å². The molecule has 4 nitrogen and oxygen atoms in total. The first-order valence-corrected chi connectivity index (χ1v) is 11.1. The molecule has 3 aromatic rings. The van der Waals surface area contributed by atoms with E-state index in [0.717, 1.165) is 16.7 Å². The van der Waals surface area contributed by atoms with Crippen LogP contribution in [0.15, 0.2) is 78.9 Å². The zero-order valence-corrected chi connectivity index (χ0v) is 18.5. The van der Waals surface area contributed by atoms with E-state index in [1.165, 1.54) is 0 Å². The molecule has 1 fully saturated rings. The Morgan fingerprint density at radius 2 is 1.45 bits per heavy atom. The number of benzene rings is 3. The number of nitrogens with one attached hydrogen (secondary N) is 1. The molecule has 0 spiro atoms. The van der Waals surface area contributed by atoms with Crippen molar-refractivity contribution in [1.29, 1.82) is 0 Å². The standard InChI is InChI=1S/C25H24Cl2N2O2/c26-20-11-12-21(22(27)17-20)24(29-13-15-31-16-14-29)25(30)28-23(18-7-3-1-4-8-18)19-9-5-2-6-10-19/h1-12,17,23-24H,13-16H2,(H,28,30)/t24-/m0/s1. The summed E-state index contributed by atoms with van der Waals surface area (Å²) < 4.78 is 5.51. The summed E-state index contributed by atoms with van der Waals surface area (Å²) in [6.07, 6.45) is 0. The Hall–Kier alpha value is -2.37. The van der Waals surface area contributed by atoms with Crippen LogP contribution in [0, 0.1) is 0 Å². The lowest BCUT2D eigenvalue weighted by Gasteiger charge is -2.35. The number of morpholine rings is 1. The second-order valence-corrected chi connectivity index (χ2v) is 8.32. The minimum absolute atomic E-state index is 0.108. The first-order chi connectivity index (χ1) is 15.1. The Balaban J connectivity index is 1.69. The molecule has 31 heavy (non-hydrogen) atoms. The van der Waals surface area contributed by atoms with Crippen molar-refractivity contribution in [1.82, 2.24) is 10.2 Å². The quantitative estimate of drug-likeness (QED) is 0.551. The molecule has 0 radical (unpaired) electrons. The van der Waals surface area contributed by atoms with Crippen LogP contribution < -0.4 is 5.32 Å². The lowest BCUT2D eigenvalue weighted by atomic mass is 9.97. The Bertz CT molecular complexity index is 969. The Kier molecular flexibility index (Phi) is 7.25. The predicted octanol–water partition coefficient (Wildman–Crippen LogP) is 5.27. The number of amides is 1. The topological polar surface area (TPSA) is 41.6 Å². The van der Waals surface area contributed by atoms with Crippen LogP contribution in [0.2, 0.25) is 10.0 Å². The number of carbonyl (C=O) groups is 1. The van der Waals surface area contributed by atoms with Gasteiger partial charge in [-0.1, -0.05) is 89.9 Å². The normalized spacial score (nSPS) is 15.6. The van der Waals surface area contributed by atoms with Gasteiger partial charge in [0, 0.05) is 23.1 Å². The number of carbonyl (C=O) groups excluding carboxylic acids is 1. The minimum Gasteiger partial charge on any atom is -0.379 e. The maximum atomic E-state index is 13.8. The van der Waals surface area contributed by atoms with Gasteiger partial charge in [0.25, 0.3) is 0 Å². The number of hydrogen-bond acceptors (Lipinski definition) is 3. The van der Waals surface area contributed by atoms with E-state index < -0.39 is 6.04 Å². The maximum absolute atomic E-state index is 13.8.